The molecule has 0 N–H and O–H groups in total. The zero-order chi connectivity index (χ0) is 13.8. The number of aryl methyl sites for hydroxylation is 1. The summed E-state index contributed by atoms with van der Waals surface area (Å²) in [5, 5.41) is 0. The summed E-state index contributed by atoms with van der Waals surface area (Å²) in [5.74, 6) is 0.944. The second-order valence-corrected chi connectivity index (χ2v) is 7.10. The SMILES string of the molecule is COc1cc(C)ccc1OCC(C)CS(=O)(=O)Cl. The third kappa shape index (κ3) is 5.14. The van der Waals surface area contributed by atoms with Crippen LogP contribution in [0.3, 0.4) is 0 Å². The van der Waals surface area contributed by atoms with E-state index in [4.69, 9.17) is 20.2 Å². The molecule has 102 valence electrons. The molecule has 1 unspecified atom stereocenters. The number of halogens is 1. The minimum absolute atomic E-state index is 0.108. The molecule has 0 saturated heterocycles. The largest absolute Gasteiger partial charge is 0.493 e. The average molecular weight is 293 g/mol. The molecule has 0 spiro atoms. The normalized spacial score (nSPS) is 13.1. The summed E-state index contributed by atoms with van der Waals surface area (Å²) in [5.41, 5.74) is 1.07. The Hall–Kier alpha value is -0.940. The van der Waals surface area contributed by atoms with E-state index in [1.54, 1.807) is 20.1 Å². The zero-order valence-electron chi connectivity index (χ0n) is 10.6. The van der Waals surface area contributed by atoms with Crippen LogP contribution in [0.4, 0.5) is 0 Å². The molecule has 0 aromatic heterocycles. The summed E-state index contributed by atoms with van der Waals surface area (Å²) < 4.78 is 32.5. The Morgan fingerprint density at radius 2 is 2.00 bits per heavy atom. The van der Waals surface area contributed by atoms with Gasteiger partial charge in [0.2, 0.25) is 9.05 Å². The first-order valence-electron chi connectivity index (χ1n) is 5.51. The maximum Gasteiger partial charge on any atom is 0.232 e. The third-order valence-electron chi connectivity index (χ3n) is 2.33. The van der Waals surface area contributed by atoms with Crippen molar-refractivity contribution in [1.29, 1.82) is 0 Å². The summed E-state index contributed by atoms with van der Waals surface area (Å²) in [4.78, 5) is 0. The molecule has 0 radical (unpaired) electrons. The van der Waals surface area contributed by atoms with Crippen LogP contribution in [0.25, 0.3) is 0 Å². The topological polar surface area (TPSA) is 52.6 Å². The molecule has 0 bridgehead atoms. The van der Waals surface area contributed by atoms with Gasteiger partial charge in [-0.05, 0) is 24.6 Å². The predicted octanol–water partition coefficient (Wildman–Crippen LogP) is 2.59. The molecule has 0 aliphatic rings. The first kappa shape index (κ1) is 15.1. The van der Waals surface area contributed by atoms with Gasteiger partial charge >= 0.3 is 0 Å². The second-order valence-electron chi connectivity index (χ2n) is 4.28. The Balaban J connectivity index is 2.63. The standard InChI is InChI=1S/C12H17ClO4S/c1-9-4-5-11(12(6-9)16-3)17-7-10(2)8-18(13,14)15/h4-6,10H,7-8H2,1-3H3. The number of hydrogen-bond acceptors (Lipinski definition) is 4. The van der Waals surface area contributed by atoms with Gasteiger partial charge < -0.3 is 9.47 Å². The van der Waals surface area contributed by atoms with Crippen molar-refractivity contribution in [2.24, 2.45) is 5.92 Å². The highest BCUT2D eigenvalue weighted by molar-refractivity contribution is 8.13. The van der Waals surface area contributed by atoms with Gasteiger partial charge in [-0.1, -0.05) is 13.0 Å². The van der Waals surface area contributed by atoms with Crippen molar-refractivity contribution in [2.75, 3.05) is 19.5 Å². The van der Waals surface area contributed by atoms with E-state index >= 15 is 0 Å². The van der Waals surface area contributed by atoms with Crippen molar-refractivity contribution >= 4 is 19.7 Å². The van der Waals surface area contributed by atoms with Crippen molar-refractivity contribution in [3.63, 3.8) is 0 Å². The average Bonchev–Trinajstić information content (AvgIpc) is 2.24. The van der Waals surface area contributed by atoms with E-state index in [9.17, 15) is 8.42 Å². The fourth-order valence-electron chi connectivity index (χ4n) is 1.51. The quantitative estimate of drug-likeness (QED) is 0.756. The van der Waals surface area contributed by atoms with Gasteiger partial charge in [0.05, 0.1) is 19.5 Å². The fraction of sp³-hybridized carbons (Fsp3) is 0.500. The van der Waals surface area contributed by atoms with Crippen LogP contribution in [-0.4, -0.2) is 27.9 Å². The number of rotatable bonds is 6. The van der Waals surface area contributed by atoms with Crippen LogP contribution >= 0.6 is 10.7 Å². The van der Waals surface area contributed by atoms with E-state index in [0.29, 0.717) is 11.5 Å². The lowest BCUT2D eigenvalue weighted by Gasteiger charge is -2.14. The molecule has 1 aromatic rings. The van der Waals surface area contributed by atoms with Gasteiger partial charge in [0.1, 0.15) is 0 Å². The summed E-state index contributed by atoms with van der Waals surface area (Å²) in [7, 11) is 3.26. The minimum Gasteiger partial charge on any atom is -0.493 e. The van der Waals surface area contributed by atoms with E-state index in [0.717, 1.165) is 5.56 Å². The van der Waals surface area contributed by atoms with Gasteiger partial charge in [0.25, 0.3) is 0 Å². The highest BCUT2D eigenvalue weighted by Gasteiger charge is 2.14. The molecule has 0 heterocycles. The van der Waals surface area contributed by atoms with Gasteiger partial charge in [-0.15, -0.1) is 0 Å². The smallest absolute Gasteiger partial charge is 0.232 e. The third-order valence-corrected chi connectivity index (χ3v) is 3.67. The van der Waals surface area contributed by atoms with Crippen LogP contribution in [-0.2, 0) is 9.05 Å². The van der Waals surface area contributed by atoms with Gasteiger partial charge in [0.15, 0.2) is 11.5 Å². The fourth-order valence-corrected chi connectivity index (χ4v) is 2.94. The number of benzene rings is 1. The maximum absolute atomic E-state index is 10.9. The maximum atomic E-state index is 10.9. The predicted molar refractivity (Wildman–Crippen MR) is 72.0 cm³/mol. The van der Waals surface area contributed by atoms with Crippen molar-refractivity contribution in [1.82, 2.24) is 0 Å². The summed E-state index contributed by atoms with van der Waals surface area (Å²) in [6.45, 7) is 3.99. The van der Waals surface area contributed by atoms with E-state index in [1.165, 1.54) is 0 Å². The molecule has 0 saturated carbocycles. The van der Waals surface area contributed by atoms with Crippen LogP contribution in [0.1, 0.15) is 12.5 Å². The molecule has 18 heavy (non-hydrogen) atoms. The Morgan fingerprint density at radius 3 is 2.56 bits per heavy atom. The van der Waals surface area contributed by atoms with E-state index in [2.05, 4.69) is 0 Å². The first-order chi connectivity index (χ1) is 8.31. The highest BCUT2D eigenvalue weighted by atomic mass is 35.7. The summed E-state index contributed by atoms with van der Waals surface area (Å²) in [6, 6.07) is 5.56. The second kappa shape index (κ2) is 6.29. The lowest BCUT2D eigenvalue weighted by Crippen LogP contribution is -2.16. The molecule has 1 rings (SSSR count). The van der Waals surface area contributed by atoms with Crippen LogP contribution < -0.4 is 9.47 Å². The molecule has 0 aliphatic heterocycles. The van der Waals surface area contributed by atoms with Crippen LogP contribution in [0.15, 0.2) is 18.2 Å². The lowest BCUT2D eigenvalue weighted by atomic mass is 10.2. The molecule has 0 fully saturated rings. The van der Waals surface area contributed by atoms with Crippen LogP contribution in [0, 0.1) is 12.8 Å². The molecule has 6 heteroatoms. The summed E-state index contributed by atoms with van der Waals surface area (Å²) in [6.07, 6.45) is 0. The molecular weight excluding hydrogens is 276 g/mol. The molecule has 1 aromatic carbocycles. The van der Waals surface area contributed by atoms with E-state index in [-0.39, 0.29) is 18.3 Å². The Morgan fingerprint density at radius 1 is 1.33 bits per heavy atom. The number of ether oxygens (including phenoxy) is 2. The molecule has 0 amide bonds. The zero-order valence-corrected chi connectivity index (χ0v) is 12.2. The van der Waals surface area contributed by atoms with Crippen LogP contribution in [0.5, 0.6) is 11.5 Å². The van der Waals surface area contributed by atoms with Crippen molar-refractivity contribution in [3.8, 4) is 11.5 Å². The Labute approximate surface area is 112 Å². The van der Waals surface area contributed by atoms with E-state index < -0.39 is 9.05 Å². The minimum atomic E-state index is -3.49. The van der Waals surface area contributed by atoms with Gasteiger partial charge in [-0.25, -0.2) is 8.42 Å². The lowest BCUT2D eigenvalue weighted by molar-refractivity contribution is 0.258. The van der Waals surface area contributed by atoms with Crippen LogP contribution in [0.2, 0.25) is 0 Å². The van der Waals surface area contributed by atoms with Crippen molar-refractivity contribution in [2.45, 2.75) is 13.8 Å². The molecule has 1 atom stereocenters. The van der Waals surface area contributed by atoms with Gasteiger partial charge in [-0.3, -0.25) is 0 Å². The monoisotopic (exact) mass is 292 g/mol. The molecule has 0 aliphatic carbocycles. The number of hydrogen-bond donors (Lipinski definition) is 0. The Kier molecular flexibility index (Phi) is 5.28. The molecule has 4 nitrogen and oxygen atoms in total. The van der Waals surface area contributed by atoms with Gasteiger partial charge in [-0.2, -0.15) is 0 Å². The summed E-state index contributed by atoms with van der Waals surface area (Å²) >= 11 is 0. The molecular formula is C12H17ClO4S. The first-order valence-corrected chi connectivity index (χ1v) is 7.99. The van der Waals surface area contributed by atoms with Crippen molar-refractivity contribution < 1.29 is 17.9 Å². The highest BCUT2D eigenvalue weighted by Crippen LogP contribution is 2.28. The van der Waals surface area contributed by atoms with E-state index in [1.807, 2.05) is 19.1 Å². The van der Waals surface area contributed by atoms with Crippen molar-refractivity contribution in [3.05, 3.63) is 23.8 Å². The number of methoxy groups -OCH3 is 1. The Bertz CT molecular complexity index is 499. The van der Waals surface area contributed by atoms with Gasteiger partial charge in [0, 0.05) is 16.6 Å².